The quantitative estimate of drug-likeness (QED) is 0.918. The Hall–Kier alpha value is -1.60. The minimum Gasteiger partial charge on any atom is -0.320 e. The molecule has 7 heteroatoms. The van der Waals surface area contributed by atoms with E-state index in [-0.39, 0.29) is 10.9 Å². The highest BCUT2D eigenvalue weighted by molar-refractivity contribution is 7.89. The zero-order chi connectivity index (χ0) is 15.0. The van der Waals surface area contributed by atoms with E-state index in [4.69, 9.17) is 5.14 Å². The second-order valence-corrected chi connectivity index (χ2v) is 7.17. The van der Waals surface area contributed by atoms with Crippen LogP contribution in [0.5, 0.6) is 0 Å². The van der Waals surface area contributed by atoms with Gasteiger partial charge in [0.1, 0.15) is 0 Å². The van der Waals surface area contributed by atoms with Gasteiger partial charge in [0.2, 0.25) is 10.0 Å². The van der Waals surface area contributed by atoms with Crippen LogP contribution in [0.25, 0.3) is 0 Å². The summed E-state index contributed by atoms with van der Waals surface area (Å²) in [5, 5.41) is 5.08. The second kappa shape index (κ2) is 5.31. The number of sulfonamides is 1. The minimum absolute atomic E-state index is 0.0188. The van der Waals surface area contributed by atoms with E-state index >= 15 is 0 Å². The average Bonchev–Trinajstić information content (AvgIpc) is 3.07. The van der Waals surface area contributed by atoms with Crippen molar-refractivity contribution >= 4 is 21.7 Å². The summed E-state index contributed by atoms with van der Waals surface area (Å²) in [6.45, 7) is 1.38. The summed E-state index contributed by atoms with van der Waals surface area (Å²) in [7, 11) is -3.69. The maximum atomic E-state index is 12.5. The topological polar surface area (TPSA) is 83.7 Å². The molecule has 2 amide bonds. The van der Waals surface area contributed by atoms with Gasteiger partial charge in [-0.25, -0.2) is 18.4 Å². The standard InChI is InChI=1S/C14H19N3O3S/c15-21(19,20)13-7-5-12(6-8-13)17-10-9-16(14(17)18)11-3-1-2-4-11/h5-8,11H,1-4,9-10H2,(H2,15,19,20). The smallest absolute Gasteiger partial charge is 0.320 e. The molecule has 1 aliphatic heterocycles. The highest BCUT2D eigenvalue weighted by Gasteiger charge is 2.35. The van der Waals surface area contributed by atoms with Gasteiger partial charge in [0.25, 0.3) is 0 Å². The molecule has 0 spiro atoms. The summed E-state index contributed by atoms with van der Waals surface area (Å²) in [5.74, 6) is 0. The van der Waals surface area contributed by atoms with Crippen LogP contribution in [0.1, 0.15) is 25.7 Å². The highest BCUT2D eigenvalue weighted by atomic mass is 32.2. The largest absolute Gasteiger partial charge is 0.324 e. The fourth-order valence-corrected chi connectivity index (χ4v) is 3.68. The SMILES string of the molecule is NS(=O)(=O)c1ccc(N2CCN(C3CCCC3)C2=O)cc1. The lowest BCUT2D eigenvalue weighted by Gasteiger charge is -2.24. The maximum absolute atomic E-state index is 12.5. The van der Waals surface area contributed by atoms with E-state index in [2.05, 4.69) is 0 Å². The summed E-state index contributed by atoms with van der Waals surface area (Å²) in [6.07, 6.45) is 4.56. The van der Waals surface area contributed by atoms with Gasteiger partial charge in [0, 0.05) is 24.8 Å². The van der Waals surface area contributed by atoms with Gasteiger partial charge < -0.3 is 4.90 Å². The molecule has 0 atom stereocenters. The van der Waals surface area contributed by atoms with Gasteiger partial charge in [0.15, 0.2) is 0 Å². The number of amides is 2. The Balaban J connectivity index is 1.77. The van der Waals surface area contributed by atoms with Crippen molar-refractivity contribution in [1.82, 2.24) is 4.90 Å². The fourth-order valence-electron chi connectivity index (χ4n) is 3.16. The lowest BCUT2D eigenvalue weighted by molar-refractivity contribution is 0.201. The summed E-state index contributed by atoms with van der Waals surface area (Å²) < 4.78 is 22.5. The number of nitrogens with zero attached hydrogens (tertiary/aromatic N) is 2. The zero-order valence-electron chi connectivity index (χ0n) is 11.7. The molecule has 2 N–H and O–H groups in total. The van der Waals surface area contributed by atoms with E-state index in [1.807, 2.05) is 4.90 Å². The van der Waals surface area contributed by atoms with Gasteiger partial charge in [-0.05, 0) is 37.1 Å². The number of carbonyl (C=O) groups is 1. The average molecular weight is 309 g/mol. The first-order valence-electron chi connectivity index (χ1n) is 7.18. The van der Waals surface area contributed by atoms with Gasteiger partial charge >= 0.3 is 6.03 Å². The molecule has 1 aromatic rings. The van der Waals surface area contributed by atoms with Crippen LogP contribution in [-0.2, 0) is 10.0 Å². The highest BCUT2D eigenvalue weighted by Crippen LogP contribution is 2.29. The first-order valence-corrected chi connectivity index (χ1v) is 8.72. The lowest BCUT2D eigenvalue weighted by Crippen LogP contribution is -2.37. The van der Waals surface area contributed by atoms with Crippen molar-refractivity contribution in [3.63, 3.8) is 0 Å². The van der Waals surface area contributed by atoms with Crippen molar-refractivity contribution in [3.05, 3.63) is 24.3 Å². The molecule has 0 aromatic heterocycles. The van der Waals surface area contributed by atoms with Crippen LogP contribution in [0.4, 0.5) is 10.5 Å². The maximum Gasteiger partial charge on any atom is 0.324 e. The van der Waals surface area contributed by atoms with E-state index in [0.29, 0.717) is 18.3 Å². The molecule has 21 heavy (non-hydrogen) atoms. The Kier molecular flexibility index (Phi) is 3.62. The molecule has 114 valence electrons. The molecule has 0 radical (unpaired) electrons. The number of hydrogen-bond donors (Lipinski definition) is 1. The second-order valence-electron chi connectivity index (χ2n) is 5.60. The molecular weight excluding hydrogens is 290 g/mol. The zero-order valence-corrected chi connectivity index (χ0v) is 12.6. The molecule has 1 heterocycles. The lowest BCUT2D eigenvalue weighted by atomic mass is 10.2. The van der Waals surface area contributed by atoms with Gasteiger partial charge in [-0.3, -0.25) is 4.90 Å². The number of benzene rings is 1. The van der Waals surface area contributed by atoms with Gasteiger partial charge in [-0.1, -0.05) is 12.8 Å². The third kappa shape index (κ3) is 2.75. The number of hydrogen-bond acceptors (Lipinski definition) is 3. The van der Waals surface area contributed by atoms with Crippen LogP contribution in [0.15, 0.2) is 29.2 Å². The van der Waals surface area contributed by atoms with Gasteiger partial charge in [-0.2, -0.15) is 0 Å². The van der Waals surface area contributed by atoms with Crippen molar-refractivity contribution in [2.75, 3.05) is 18.0 Å². The van der Waals surface area contributed by atoms with Crippen molar-refractivity contribution in [2.45, 2.75) is 36.6 Å². The molecule has 0 unspecified atom stereocenters. The Morgan fingerprint density at radius 2 is 1.67 bits per heavy atom. The molecule has 1 saturated carbocycles. The van der Waals surface area contributed by atoms with E-state index < -0.39 is 10.0 Å². The van der Waals surface area contributed by atoms with Crippen LogP contribution >= 0.6 is 0 Å². The Morgan fingerprint density at radius 1 is 1.05 bits per heavy atom. The fraction of sp³-hybridized carbons (Fsp3) is 0.500. The monoisotopic (exact) mass is 309 g/mol. The molecule has 1 aliphatic carbocycles. The van der Waals surface area contributed by atoms with E-state index in [1.54, 1.807) is 17.0 Å². The van der Waals surface area contributed by atoms with Crippen molar-refractivity contribution in [3.8, 4) is 0 Å². The predicted molar refractivity (Wildman–Crippen MR) is 79.5 cm³/mol. The van der Waals surface area contributed by atoms with Crippen molar-refractivity contribution in [1.29, 1.82) is 0 Å². The van der Waals surface area contributed by atoms with Crippen molar-refractivity contribution < 1.29 is 13.2 Å². The Bertz CT molecular complexity index is 636. The normalized spacial score (nSPS) is 20.5. The van der Waals surface area contributed by atoms with Crippen LogP contribution in [-0.4, -0.2) is 38.5 Å². The molecule has 1 aromatic carbocycles. The van der Waals surface area contributed by atoms with Crippen LogP contribution < -0.4 is 10.0 Å². The number of anilines is 1. The predicted octanol–water partition coefficient (Wildman–Crippen LogP) is 1.52. The van der Waals surface area contributed by atoms with E-state index in [0.717, 1.165) is 19.4 Å². The summed E-state index contributed by atoms with van der Waals surface area (Å²) in [6, 6.07) is 6.54. The van der Waals surface area contributed by atoms with E-state index in [1.165, 1.54) is 25.0 Å². The first kappa shape index (κ1) is 14.3. The third-order valence-corrected chi connectivity index (χ3v) is 5.21. The van der Waals surface area contributed by atoms with Crippen LogP contribution in [0.3, 0.4) is 0 Å². The molecule has 2 aliphatic rings. The van der Waals surface area contributed by atoms with Gasteiger partial charge in [-0.15, -0.1) is 0 Å². The number of nitrogens with two attached hydrogens (primary N) is 1. The number of primary sulfonamides is 1. The van der Waals surface area contributed by atoms with Gasteiger partial charge in [0.05, 0.1) is 4.90 Å². The number of carbonyl (C=O) groups excluding carboxylic acids is 1. The first-order chi connectivity index (χ1) is 9.97. The third-order valence-electron chi connectivity index (χ3n) is 4.28. The molecule has 1 saturated heterocycles. The molecular formula is C14H19N3O3S. The van der Waals surface area contributed by atoms with Crippen LogP contribution in [0.2, 0.25) is 0 Å². The molecule has 2 fully saturated rings. The summed E-state index contributed by atoms with van der Waals surface area (Å²) >= 11 is 0. The Labute approximate surface area is 124 Å². The number of urea groups is 1. The summed E-state index contributed by atoms with van der Waals surface area (Å²) in [5.41, 5.74) is 0.716. The van der Waals surface area contributed by atoms with Crippen molar-refractivity contribution in [2.24, 2.45) is 5.14 Å². The summed E-state index contributed by atoms with van der Waals surface area (Å²) in [4.78, 5) is 16.2. The molecule has 6 nitrogen and oxygen atoms in total. The minimum atomic E-state index is -3.69. The van der Waals surface area contributed by atoms with E-state index in [9.17, 15) is 13.2 Å². The Morgan fingerprint density at radius 3 is 2.24 bits per heavy atom. The molecule has 3 rings (SSSR count). The number of rotatable bonds is 3. The van der Waals surface area contributed by atoms with Crippen LogP contribution in [0, 0.1) is 0 Å². The molecule has 0 bridgehead atoms.